The van der Waals surface area contributed by atoms with Crippen molar-refractivity contribution in [3.63, 3.8) is 0 Å². The van der Waals surface area contributed by atoms with Gasteiger partial charge in [-0.05, 0) is 94.6 Å². The molecule has 31 heavy (non-hydrogen) atoms. The van der Waals surface area contributed by atoms with Crippen LogP contribution < -0.4 is 4.74 Å². The van der Waals surface area contributed by atoms with Crippen LogP contribution in [0.5, 0.6) is 5.75 Å². The van der Waals surface area contributed by atoms with E-state index < -0.39 is 17.6 Å². The lowest BCUT2D eigenvalue weighted by Crippen LogP contribution is -2.29. The highest BCUT2D eigenvalue weighted by Gasteiger charge is 2.36. The van der Waals surface area contributed by atoms with Crippen LogP contribution in [0.3, 0.4) is 0 Å². The number of hydrogen-bond acceptors (Lipinski definition) is 2. The fraction of sp³-hybridized carbons (Fsp3) is 0.720. The summed E-state index contributed by atoms with van der Waals surface area (Å²) in [4.78, 5) is 12.8. The van der Waals surface area contributed by atoms with Gasteiger partial charge in [0.25, 0.3) is 0 Å². The van der Waals surface area contributed by atoms with Crippen molar-refractivity contribution in [2.45, 2.75) is 84.0 Å². The van der Waals surface area contributed by atoms with Crippen LogP contribution in [-0.4, -0.2) is 18.3 Å². The summed E-state index contributed by atoms with van der Waals surface area (Å²) in [6.07, 6.45) is 7.43. The maximum Gasteiger partial charge on any atom is 0.245 e. The van der Waals surface area contributed by atoms with Crippen LogP contribution in [0.4, 0.5) is 17.6 Å². The van der Waals surface area contributed by atoms with Gasteiger partial charge in [-0.1, -0.05) is 6.92 Å². The van der Waals surface area contributed by atoms with E-state index >= 15 is 0 Å². The van der Waals surface area contributed by atoms with Gasteiger partial charge < -0.3 is 4.74 Å². The molecular weight excluding hydrogens is 408 g/mol. The van der Waals surface area contributed by atoms with Crippen LogP contribution in [0, 0.1) is 35.3 Å². The van der Waals surface area contributed by atoms with E-state index in [0.717, 1.165) is 45.4 Å². The fourth-order valence-corrected chi connectivity index (χ4v) is 5.49. The molecule has 0 heterocycles. The normalized spacial score (nSPS) is 27.2. The lowest BCUT2D eigenvalue weighted by atomic mass is 9.68. The molecule has 0 saturated heterocycles. The van der Waals surface area contributed by atoms with E-state index in [2.05, 4.69) is 0 Å². The molecule has 2 fully saturated rings. The van der Waals surface area contributed by atoms with Crippen molar-refractivity contribution in [3.05, 3.63) is 29.3 Å². The Bertz CT molecular complexity index is 743. The summed E-state index contributed by atoms with van der Waals surface area (Å²) >= 11 is 0. The average Bonchev–Trinajstić information content (AvgIpc) is 2.74. The number of alkyl halides is 2. The van der Waals surface area contributed by atoms with Crippen LogP contribution in [0.2, 0.25) is 0 Å². The van der Waals surface area contributed by atoms with Crippen molar-refractivity contribution in [2.24, 2.45) is 23.7 Å². The summed E-state index contributed by atoms with van der Waals surface area (Å²) in [7, 11) is 0. The molecule has 1 aromatic carbocycles. The standard InChI is InChI=1S/C25H34F4O2/c1-3-14-31-21-13-12-20(22(26)23(21)27)24(30)19-10-8-18(9-11-19)17-6-4-16(5-7-17)15-25(2,28)29/h12-13,16-19H,3-11,14-15H2,1-2H3. The highest BCUT2D eigenvalue weighted by Crippen LogP contribution is 2.44. The van der Waals surface area contributed by atoms with Gasteiger partial charge in [-0.3, -0.25) is 4.79 Å². The molecule has 174 valence electrons. The van der Waals surface area contributed by atoms with Crippen LogP contribution in [-0.2, 0) is 0 Å². The van der Waals surface area contributed by atoms with Crippen LogP contribution in [0.25, 0.3) is 0 Å². The summed E-state index contributed by atoms with van der Waals surface area (Å²) in [5, 5.41) is 0. The second kappa shape index (κ2) is 10.4. The van der Waals surface area contributed by atoms with E-state index in [1.165, 1.54) is 12.1 Å². The number of halogens is 4. The quantitative estimate of drug-likeness (QED) is 0.306. The van der Waals surface area contributed by atoms with E-state index in [4.69, 9.17) is 4.74 Å². The summed E-state index contributed by atoms with van der Waals surface area (Å²) in [6.45, 7) is 3.16. The highest BCUT2D eigenvalue weighted by atomic mass is 19.3. The van der Waals surface area contributed by atoms with Crippen molar-refractivity contribution < 1.29 is 27.1 Å². The molecule has 0 aliphatic heterocycles. The van der Waals surface area contributed by atoms with Gasteiger partial charge in [-0.15, -0.1) is 0 Å². The minimum atomic E-state index is -2.59. The summed E-state index contributed by atoms with van der Waals surface area (Å²) in [5.41, 5.74) is -0.189. The average molecular weight is 443 g/mol. The molecule has 0 amide bonds. The molecule has 0 unspecified atom stereocenters. The SMILES string of the molecule is CCCOc1ccc(C(=O)C2CCC(C3CCC(CC(C)(F)F)CC3)CC2)c(F)c1F. The van der Waals surface area contributed by atoms with Gasteiger partial charge in [0.2, 0.25) is 11.7 Å². The third kappa shape index (κ3) is 6.23. The molecule has 3 rings (SSSR count). The van der Waals surface area contributed by atoms with Gasteiger partial charge in [0.1, 0.15) is 0 Å². The van der Waals surface area contributed by atoms with Crippen molar-refractivity contribution in [2.75, 3.05) is 6.61 Å². The molecule has 0 aromatic heterocycles. The first kappa shape index (κ1) is 24.1. The van der Waals surface area contributed by atoms with Crippen molar-refractivity contribution in [1.29, 1.82) is 0 Å². The van der Waals surface area contributed by atoms with E-state index in [1.807, 2.05) is 6.92 Å². The number of benzene rings is 1. The molecule has 2 aliphatic rings. The van der Waals surface area contributed by atoms with E-state index in [0.29, 0.717) is 31.1 Å². The van der Waals surface area contributed by atoms with Gasteiger partial charge >= 0.3 is 0 Å². The van der Waals surface area contributed by atoms with Gasteiger partial charge in [0.15, 0.2) is 17.3 Å². The number of rotatable bonds is 8. The van der Waals surface area contributed by atoms with E-state index in [-0.39, 0.29) is 42.0 Å². The molecule has 0 spiro atoms. The molecule has 0 bridgehead atoms. The second-order valence-electron chi connectivity index (χ2n) is 9.62. The maximum atomic E-state index is 14.5. The topological polar surface area (TPSA) is 26.3 Å². The maximum absolute atomic E-state index is 14.5. The van der Waals surface area contributed by atoms with Crippen LogP contribution in [0.1, 0.15) is 88.4 Å². The largest absolute Gasteiger partial charge is 0.490 e. The second-order valence-corrected chi connectivity index (χ2v) is 9.62. The number of Topliss-reactive ketones (excluding diaryl/α,β-unsaturated/α-hetero) is 1. The predicted molar refractivity (Wildman–Crippen MR) is 113 cm³/mol. The predicted octanol–water partition coefficient (Wildman–Crippen LogP) is 7.59. The first-order valence-electron chi connectivity index (χ1n) is 11.7. The Morgan fingerprint density at radius 2 is 1.55 bits per heavy atom. The minimum absolute atomic E-state index is 0.0225. The van der Waals surface area contributed by atoms with Crippen molar-refractivity contribution in [1.82, 2.24) is 0 Å². The Hall–Kier alpha value is -1.59. The Kier molecular flexibility index (Phi) is 8.03. The first-order chi connectivity index (χ1) is 14.7. The first-order valence-corrected chi connectivity index (χ1v) is 11.7. The van der Waals surface area contributed by atoms with Crippen LogP contribution >= 0.6 is 0 Å². The zero-order valence-corrected chi connectivity index (χ0v) is 18.6. The lowest BCUT2D eigenvalue weighted by molar-refractivity contribution is -0.0131. The number of carbonyl (C=O) groups excluding carboxylic acids is 1. The molecule has 6 heteroatoms. The van der Waals surface area contributed by atoms with Gasteiger partial charge in [0, 0.05) is 12.3 Å². The number of carbonyl (C=O) groups is 1. The summed E-state index contributed by atoms with van der Waals surface area (Å²) in [5.74, 6) is -4.44. The number of hydrogen-bond donors (Lipinski definition) is 0. The lowest BCUT2D eigenvalue weighted by Gasteiger charge is -2.38. The molecular formula is C25H34F4O2. The third-order valence-electron chi connectivity index (χ3n) is 7.12. The Morgan fingerprint density at radius 3 is 2.10 bits per heavy atom. The van der Waals surface area contributed by atoms with Gasteiger partial charge in [-0.25, -0.2) is 13.2 Å². The third-order valence-corrected chi connectivity index (χ3v) is 7.12. The molecule has 1 aromatic rings. The molecule has 0 atom stereocenters. The van der Waals surface area contributed by atoms with Crippen molar-refractivity contribution >= 4 is 5.78 Å². The monoisotopic (exact) mass is 442 g/mol. The highest BCUT2D eigenvalue weighted by molar-refractivity contribution is 5.98. The van der Waals surface area contributed by atoms with E-state index in [9.17, 15) is 22.4 Å². The summed E-state index contributed by atoms with van der Waals surface area (Å²) in [6, 6.07) is 2.67. The van der Waals surface area contributed by atoms with Gasteiger partial charge in [0.05, 0.1) is 12.2 Å². The Labute approximate surface area is 182 Å². The van der Waals surface area contributed by atoms with Crippen LogP contribution in [0.15, 0.2) is 12.1 Å². The smallest absolute Gasteiger partial charge is 0.245 e. The summed E-state index contributed by atoms with van der Waals surface area (Å²) < 4.78 is 60.5. The molecule has 0 radical (unpaired) electrons. The molecule has 2 nitrogen and oxygen atoms in total. The molecule has 2 saturated carbocycles. The van der Waals surface area contributed by atoms with E-state index in [1.54, 1.807) is 0 Å². The Balaban J connectivity index is 1.52. The number of ketones is 1. The number of ether oxygens (including phenoxy) is 1. The minimum Gasteiger partial charge on any atom is -0.490 e. The zero-order valence-electron chi connectivity index (χ0n) is 18.6. The van der Waals surface area contributed by atoms with Gasteiger partial charge in [-0.2, -0.15) is 4.39 Å². The molecule has 0 N–H and O–H groups in total. The Morgan fingerprint density at radius 1 is 0.968 bits per heavy atom. The molecule has 2 aliphatic carbocycles. The fourth-order valence-electron chi connectivity index (χ4n) is 5.49. The van der Waals surface area contributed by atoms with Crippen molar-refractivity contribution in [3.8, 4) is 5.75 Å². The zero-order chi connectivity index (χ0) is 22.6.